The standard InChI is InChI=1S/C36H48N2O10/c1-6-37-16-33(17-48-31(42)19-9-7-8-10-22(19)38-25(39)13-18(2)30(38)41)12-11-24(46-4)35-21-14-20-23(45-3)15-34(43,26(21)27(20)40)36(44,32(35)37)29(47-5)28(33)35/h7-10,18,20-21,23-24,26-29,32,40,43-44H,6,11-17H2,1-5H3. The number of imide groups is 1. The molecule has 12 nitrogen and oxygen atoms in total. The van der Waals surface area contributed by atoms with Gasteiger partial charge in [0.1, 0.15) is 11.2 Å². The average Bonchev–Trinajstić information content (AvgIpc) is 3.56. The number of piperidine rings is 1. The number of carbonyl (C=O) groups excluding carboxylic acids is 3. The maximum Gasteiger partial charge on any atom is 0.340 e. The van der Waals surface area contributed by atoms with E-state index in [4.69, 9.17) is 18.9 Å². The summed E-state index contributed by atoms with van der Waals surface area (Å²) >= 11 is 0. The third kappa shape index (κ3) is 3.62. The van der Waals surface area contributed by atoms with Crippen LogP contribution in [0.4, 0.5) is 5.69 Å². The number of likely N-dealkylation sites (N-methyl/N-ethyl adjacent to an activating group) is 1. The van der Waals surface area contributed by atoms with Gasteiger partial charge in [-0.15, -0.1) is 0 Å². The number of esters is 1. The van der Waals surface area contributed by atoms with Crippen molar-refractivity contribution in [2.24, 2.45) is 40.4 Å². The summed E-state index contributed by atoms with van der Waals surface area (Å²) in [5.41, 5.74) is -4.53. The Kier molecular flexibility index (Phi) is 7.35. The van der Waals surface area contributed by atoms with E-state index in [9.17, 15) is 29.7 Å². The quantitative estimate of drug-likeness (QED) is 0.272. The van der Waals surface area contributed by atoms with E-state index in [2.05, 4.69) is 4.90 Å². The fourth-order valence-electron chi connectivity index (χ4n) is 12.9. The van der Waals surface area contributed by atoms with Crippen LogP contribution in [0.5, 0.6) is 0 Å². The molecule has 1 spiro atoms. The second-order valence-electron chi connectivity index (χ2n) is 15.7. The number of benzene rings is 1. The summed E-state index contributed by atoms with van der Waals surface area (Å²) in [6.07, 6.45) is -0.287. The molecule has 1 aromatic rings. The number of rotatable bonds is 8. The molecule has 3 N–H and O–H groups in total. The highest BCUT2D eigenvalue weighted by Crippen LogP contribution is 2.80. The van der Waals surface area contributed by atoms with Crippen LogP contribution in [0.15, 0.2) is 24.3 Å². The van der Waals surface area contributed by atoms with Crippen molar-refractivity contribution >= 4 is 23.5 Å². The monoisotopic (exact) mass is 668 g/mol. The molecular weight excluding hydrogens is 620 g/mol. The highest BCUT2D eigenvalue weighted by Gasteiger charge is 2.91. The zero-order valence-electron chi connectivity index (χ0n) is 28.3. The van der Waals surface area contributed by atoms with Crippen molar-refractivity contribution in [3.63, 3.8) is 0 Å². The van der Waals surface area contributed by atoms with Gasteiger partial charge in [0.15, 0.2) is 0 Å². The molecule has 14 unspecified atom stereocenters. The molecule has 262 valence electrons. The van der Waals surface area contributed by atoms with E-state index in [1.807, 2.05) is 6.92 Å². The lowest BCUT2D eigenvalue weighted by molar-refractivity contribution is -0.318. The van der Waals surface area contributed by atoms with Gasteiger partial charge in [0.2, 0.25) is 11.8 Å². The van der Waals surface area contributed by atoms with Crippen LogP contribution in [0, 0.1) is 40.4 Å². The minimum Gasteiger partial charge on any atom is -0.461 e. The normalized spacial score (nSPS) is 48.7. The van der Waals surface area contributed by atoms with E-state index in [1.165, 1.54) is 0 Å². The minimum atomic E-state index is -1.77. The average molecular weight is 669 g/mol. The van der Waals surface area contributed by atoms with Crippen LogP contribution in [0.2, 0.25) is 0 Å². The van der Waals surface area contributed by atoms with Crippen LogP contribution >= 0.6 is 0 Å². The van der Waals surface area contributed by atoms with Crippen LogP contribution < -0.4 is 4.90 Å². The molecule has 7 aliphatic rings. The number of methoxy groups -OCH3 is 3. The number of aliphatic hydroxyl groups excluding tert-OH is 1. The van der Waals surface area contributed by atoms with Crippen LogP contribution in [0.1, 0.15) is 56.3 Å². The molecule has 2 heterocycles. The molecule has 2 saturated heterocycles. The first kappa shape index (κ1) is 32.7. The molecule has 2 aliphatic heterocycles. The van der Waals surface area contributed by atoms with Gasteiger partial charge in [0.05, 0.1) is 48.3 Å². The van der Waals surface area contributed by atoms with Crippen LogP contribution in [0.25, 0.3) is 0 Å². The van der Waals surface area contributed by atoms with E-state index >= 15 is 0 Å². The second-order valence-corrected chi connectivity index (χ2v) is 15.7. The summed E-state index contributed by atoms with van der Waals surface area (Å²) in [5.74, 6) is -3.18. The van der Waals surface area contributed by atoms with Crippen molar-refractivity contribution < 1.29 is 48.7 Å². The molecule has 5 aliphatic carbocycles. The third-order valence-electron chi connectivity index (χ3n) is 14.3. The summed E-state index contributed by atoms with van der Waals surface area (Å²) in [6, 6.07) is 6.01. The number of amides is 2. The Hall–Kier alpha value is -2.45. The van der Waals surface area contributed by atoms with Crippen LogP contribution in [-0.2, 0) is 28.5 Å². The van der Waals surface area contributed by atoms with Gasteiger partial charge < -0.3 is 34.3 Å². The summed E-state index contributed by atoms with van der Waals surface area (Å²) < 4.78 is 24.8. The van der Waals surface area contributed by atoms with Crippen molar-refractivity contribution in [1.29, 1.82) is 0 Å². The van der Waals surface area contributed by atoms with Crippen LogP contribution in [0.3, 0.4) is 0 Å². The fraction of sp³-hybridized carbons (Fsp3) is 0.750. The molecule has 12 heteroatoms. The number of hydrogen-bond donors (Lipinski definition) is 3. The Morgan fingerprint density at radius 1 is 1.08 bits per heavy atom. The zero-order valence-corrected chi connectivity index (χ0v) is 28.3. The molecule has 7 bridgehead atoms. The summed E-state index contributed by atoms with van der Waals surface area (Å²) in [5, 5.41) is 38.0. The number of ether oxygens (including phenoxy) is 4. The van der Waals surface area contributed by atoms with E-state index in [1.54, 1.807) is 52.5 Å². The third-order valence-corrected chi connectivity index (χ3v) is 14.3. The lowest BCUT2D eigenvalue weighted by Gasteiger charge is -2.70. The largest absolute Gasteiger partial charge is 0.461 e. The molecule has 7 fully saturated rings. The number of likely N-dealkylation sites (tertiary alicyclic amines) is 1. The Bertz CT molecular complexity index is 1540. The number of anilines is 1. The highest BCUT2D eigenvalue weighted by molar-refractivity contribution is 6.22. The highest BCUT2D eigenvalue weighted by atomic mass is 16.5. The topological polar surface area (TPSA) is 155 Å². The molecule has 0 aromatic heterocycles. The molecule has 0 radical (unpaired) electrons. The Balaban J connectivity index is 1.23. The smallest absolute Gasteiger partial charge is 0.340 e. The van der Waals surface area contributed by atoms with Gasteiger partial charge in [0.25, 0.3) is 0 Å². The zero-order chi connectivity index (χ0) is 34.1. The number of nitrogens with zero attached hydrogens (tertiary/aromatic N) is 2. The SMILES string of the molecule is CCN1CC2(COC(=O)c3ccccc3N3C(=O)CC(C)C3=O)CCC(OC)C34C5CC6C(OC)CC(O)(C5C6O)C(O)(C(OC)C23)C14. The first-order chi connectivity index (χ1) is 22.9. The molecule has 14 atom stereocenters. The minimum absolute atomic E-state index is 0.00294. The lowest BCUT2D eigenvalue weighted by Crippen LogP contribution is -2.82. The number of fused-ring (bicyclic) bond motifs is 2. The van der Waals surface area contributed by atoms with E-state index in [0.29, 0.717) is 32.4 Å². The van der Waals surface area contributed by atoms with E-state index in [0.717, 1.165) is 4.90 Å². The van der Waals surface area contributed by atoms with Crippen molar-refractivity contribution in [2.45, 2.75) is 87.6 Å². The number of carbonyl (C=O) groups is 3. The molecule has 2 amide bonds. The predicted molar refractivity (Wildman–Crippen MR) is 170 cm³/mol. The Morgan fingerprint density at radius 3 is 2.48 bits per heavy atom. The van der Waals surface area contributed by atoms with Crippen LogP contribution in [-0.4, -0.2) is 121 Å². The number of aliphatic hydroxyl groups is 3. The molecular formula is C36H48N2O10. The maximum atomic E-state index is 14.0. The van der Waals surface area contributed by atoms with Gasteiger partial charge in [-0.05, 0) is 43.9 Å². The second kappa shape index (κ2) is 10.8. The van der Waals surface area contributed by atoms with Crippen molar-refractivity contribution in [2.75, 3.05) is 45.9 Å². The lowest BCUT2D eigenvalue weighted by atomic mass is 9.42. The van der Waals surface area contributed by atoms with Crippen molar-refractivity contribution in [3.8, 4) is 0 Å². The molecule has 5 saturated carbocycles. The summed E-state index contributed by atoms with van der Waals surface area (Å²) in [4.78, 5) is 43.1. The van der Waals surface area contributed by atoms with Gasteiger partial charge in [-0.25, -0.2) is 9.69 Å². The molecule has 48 heavy (non-hydrogen) atoms. The van der Waals surface area contributed by atoms with Gasteiger partial charge in [-0.3, -0.25) is 14.5 Å². The van der Waals surface area contributed by atoms with E-state index in [-0.39, 0.29) is 66.4 Å². The number of para-hydroxylation sites is 1. The fourth-order valence-corrected chi connectivity index (χ4v) is 12.9. The first-order valence-electron chi connectivity index (χ1n) is 17.5. The molecule has 8 rings (SSSR count). The van der Waals surface area contributed by atoms with Crippen molar-refractivity contribution in [3.05, 3.63) is 29.8 Å². The Morgan fingerprint density at radius 2 is 1.83 bits per heavy atom. The first-order valence-corrected chi connectivity index (χ1v) is 17.5. The summed E-state index contributed by atoms with van der Waals surface area (Å²) in [6.45, 7) is 4.81. The van der Waals surface area contributed by atoms with Gasteiger partial charge in [-0.2, -0.15) is 0 Å². The number of hydrogen-bond acceptors (Lipinski definition) is 11. The van der Waals surface area contributed by atoms with Crippen molar-refractivity contribution in [1.82, 2.24) is 4.90 Å². The Labute approximate surface area is 280 Å². The van der Waals surface area contributed by atoms with Gasteiger partial charge in [-0.1, -0.05) is 26.0 Å². The predicted octanol–water partition coefficient (Wildman–Crippen LogP) is 1.38. The van der Waals surface area contributed by atoms with Gasteiger partial charge in [0, 0.05) is 75.2 Å². The summed E-state index contributed by atoms with van der Waals surface area (Å²) in [7, 11) is 4.87. The van der Waals surface area contributed by atoms with Gasteiger partial charge >= 0.3 is 5.97 Å². The molecule has 1 aromatic carbocycles. The van der Waals surface area contributed by atoms with E-state index < -0.39 is 64.2 Å². The maximum absolute atomic E-state index is 14.0.